The molecule has 1 aliphatic heterocycles. The van der Waals surface area contributed by atoms with Gasteiger partial charge in [0.2, 0.25) is 11.8 Å². The van der Waals surface area contributed by atoms with Crippen molar-refractivity contribution in [2.75, 3.05) is 19.8 Å². The number of benzene rings is 3. The van der Waals surface area contributed by atoms with Gasteiger partial charge in [0.25, 0.3) is 8.32 Å². The lowest BCUT2D eigenvalue weighted by atomic mass is 9.68. The second kappa shape index (κ2) is 15.4. The van der Waals surface area contributed by atoms with Gasteiger partial charge in [0, 0.05) is 12.5 Å². The number of carbonyl (C=O) groups is 2. The second-order valence-corrected chi connectivity index (χ2v) is 18.9. The molecule has 1 aliphatic carbocycles. The summed E-state index contributed by atoms with van der Waals surface area (Å²) in [5.74, 6) is -2.24. The summed E-state index contributed by atoms with van der Waals surface area (Å²) >= 11 is 0. The SMILES string of the molecule is CCCN1C(=O)[C@@H]2[C@@H](CC(CO[Si](c3ccccc3)(c3ccccc3)C(C)(C)C)=C([C@H](O)CC/C(C)=C/c3ccc(O)cc3)[C@@H]2CO)C1=O. The Hall–Kier alpha value is -3.82. The lowest BCUT2D eigenvalue weighted by Crippen LogP contribution is -2.66. The van der Waals surface area contributed by atoms with Crippen molar-refractivity contribution in [3.63, 3.8) is 0 Å². The Bertz CT molecular complexity index is 1620. The maximum atomic E-state index is 13.7. The van der Waals surface area contributed by atoms with E-state index in [9.17, 15) is 24.9 Å². The molecule has 8 heteroatoms. The number of phenolic OH excluding ortho intramolecular Hbond substituents is 1. The molecule has 5 rings (SSSR count). The maximum Gasteiger partial charge on any atom is 0.261 e. The number of hydrogen-bond donors (Lipinski definition) is 3. The third-order valence-electron chi connectivity index (χ3n) is 10.3. The summed E-state index contributed by atoms with van der Waals surface area (Å²) < 4.78 is 7.32. The fourth-order valence-corrected chi connectivity index (χ4v) is 12.6. The van der Waals surface area contributed by atoms with Crippen LogP contribution in [0.2, 0.25) is 5.04 Å². The van der Waals surface area contributed by atoms with Crippen LogP contribution in [-0.2, 0) is 14.0 Å². The zero-order valence-corrected chi connectivity index (χ0v) is 30.4. The zero-order valence-electron chi connectivity index (χ0n) is 29.4. The molecule has 260 valence electrons. The number of imide groups is 1. The summed E-state index contributed by atoms with van der Waals surface area (Å²) in [6.45, 7) is 10.7. The number of allylic oxidation sites excluding steroid dienone is 1. The van der Waals surface area contributed by atoms with E-state index >= 15 is 0 Å². The van der Waals surface area contributed by atoms with Crippen LogP contribution in [0.1, 0.15) is 65.9 Å². The molecule has 0 aromatic heterocycles. The van der Waals surface area contributed by atoms with Gasteiger partial charge in [0.15, 0.2) is 0 Å². The third kappa shape index (κ3) is 7.38. The Labute approximate surface area is 292 Å². The average Bonchev–Trinajstić information content (AvgIpc) is 3.32. The van der Waals surface area contributed by atoms with Crippen LogP contribution >= 0.6 is 0 Å². The van der Waals surface area contributed by atoms with Crippen molar-refractivity contribution in [2.24, 2.45) is 17.8 Å². The number of aliphatic hydroxyl groups excluding tert-OH is 2. The van der Waals surface area contributed by atoms with Crippen molar-refractivity contribution in [3.8, 4) is 5.75 Å². The number of hydrogen-bond acceptors (Lipinski definition) is 6. The molecule has 0 unspecified atom stereocenters. The van der Waals surface area contributed by atoms with Crippen molar-refractivity contribution in [1.29, 1.82) is 0 Å². The molecular formula is C41H51NO6Si. The van der Waals surface area contributed by atoms with Crippen LogP contribution in [0.5, 0.6) is 5.75 Å². The number of likely N-dealkylation sites (tertiary alicyclic amines) is 1. The first-order valence-electron chi connectivity index (χ1n) is 17.5. The van der Waals surface area contributed by atoms with Crippen LogP contribution in [0.3, 0.4) is 0 Å². The molecule has 49 heavy (non-hydrogen) atoms. The summed E-state index contributed by atoms with van der Waals surface area (Å²) in [5, 5.41) is 34.5. The third-order valence-corrected chi connectivity index (χ3v) is 15.3. The van der Waals surface area contributed by atoms with Gasteiger partial charge in [-0.25, -0.2) is 0 Å². The number of aliphatic hydroxyl groups is 2. The molecular weight excluding hydrogens is 631 g/mol. The quantitative estimate of drug-likeness (QED) is 0.119. The normalized spacial score (nSPS) is 20.9. The van der Waals surface area contributed by atoms with Crippen LogP contribution in [0.25, 0.3) is 6.08 Å². The summed E-state index contributed by atoms with van der Waals surface area (Å²) in [6.07, 6.45) is 3.00. The first-order chi connectivity index (χ1) is 23.4. The molecule has 2 aliphatic rings. The van der Waals surface area contributed by atoms with Crippen molar-refractivity contribution < 1.29 is 29.3 Å². The van der Waals surface area contributed by atoms with Crippen molar-refractivity contribution in [2.45, 2.75) is 71.4 Å². The standard InChI is InChI=1S/C41H51NO6Si/c1-6-23-42-39(46)34-25-30(27-48-49(41(3,4)5,32-13-9-7-10-14-32)33-15-11-8-12-16-33)37(35(26-43)38(34)40(42)47)36(45)22-17-28(2)24-29-18-20-31(44)21-19-29/h7-16,18-21,24,34-36,38,43-45H,6,17,22-23,25-27H2,1-5H3/b28-24+/t34-,35+,36-,38-/m1/s1. The molecule has 0 bridgehead atoms. The van der Waals surface area contributed by atoms with Gasteiger partial charge in [-0.2, -0.15) is 0 Å². The smallest absolute Gasteiger partial charge is 0.261 e. The number of fused-ring (bicyclic) bond motifs is 1. The maximum absolute atomic E-state index is 13.7. The molecule has 1 heterocycles. The highest BCUT2D eigenvalue weighted by Crippen LogP contribution is 2.47. The number of nitrogens with zero attached hydrogens (tertiary/aromatic N) is 1. The van der Waals surface area contributed by atoms with E-state index in [0.717, 1.165) is 27.1 Å². The molecule has 2 amide bonds. The van der Waals surface area contributed by atoms with E-state index < -0.39 is 32.2 Å². The second-order valence-electron chi connectivity index (χ2n) is 14.6. The van der Waals surface area contributed by atoms with E-state index in [1.165, 1.54) is 4.90 Å². The van der Waals surface area contributed by atoms with Crippen molar-refractivity contribution in [3.05, 3.63) is 107 Å². The molecule has 3 N–H and O–H groups in total. The summed E-state index contributed by atoms with van der Waals surface area (Å²) in [7, 11) is -2.97. The van der Waals surface area contributed by atoms with Crippen LogP contribution in [-0.4, -0.2) is 66.2 Å². The van der Waals surface area contributed by atoms with Gasteiger partial charge in [-0.3, -0.25) is 14.5 Å². The van der Waals surface area contributed by atoms with Gasteiger partial charge in [-0.15, -0.1) is 0 Å². The van der Waals surface area contributed by atoms with Gasteiger partial charge >= 0.3 is 0 Å². The van der Waals surface area contributed by atoms with Crippen LogP contribution < -0.4 is 10.4 Å². The fraction of sp³-hybridized carbons (Fsp3) is 0.415. The van der Waals surface area contributed by atoms with Gasteiger partial charge in [0.05, 0.1) is 31.2 Å². The minimum Gasteiger partial charge on any atom is -0.508 e. The van der Waals surface area contributed by atoms with E-state index in [0.29, 0.717) is 37.8 Å². The minimum atomic E-state index is -2.97. The first kappa shape index (κ1) is 36.5. The van der Waals surface area contributed by atoms with Gasteiger partial charge in [0.1, 0.15) is 5.75 Å². The minimum absolute atomic E-state index is 0.178. The number of aromatic hydroxyl groups is 1. The Morgan fingerprint density at radius 1 is 0.959 bits per heavy atom. The Balaban J connectivity index is 1.56. The highest BCUT2D eigenvalue weighted by atomic mass is 28.4. The molecule has 1 fully saturated rings. The van der Waals surface area contributed by atoms with Crippen molar-refractivity contribution in [1.82, 2.24) is 4.90 Å². The molecule has 7 nitrogen and oxygen atoms in total. The Kier molecular flexibility index (Phi) is 11.4. The lowest BCUT2D eigenvalue weighted by molar-refractivity contribution is -0.140. The van der Waals surface area contributed by atoms with E-state index in [4.69, 9.17) is 4.43 Å². The predicted molar refractivity (Wildman–Crippen MR) is 197 cm³/mol. The van der Waals surface area contributed by atoms with Crippen LogP contribution in [0, 0.1) is 17.8 Å². The van der Waals surface area contributed by atoms with E-state index in [1.54, 1.807) is 12.1 Å². The highest BCUT2D eigenvalue weighted by Gasteiger charge is 2.55. The molecule has 0 spiro atoms. The molecule has 4 atom stereocenters. The first-order valence-corrected chi connectivity index (χ1v) is 19.4. The summed E-state index contributed by atoms with van der Waals surface area (Å²) in [4.78, 5) is 28.8. The van der Waals surface area contributed by atoms with E-state index in [2.05, 4.69) is 45.0 Å². The lowest BCUT2D eigenvalue weighted by Gasteiger charge is -2.44. The fourth-order valence-electron chi connectivity index (χ4n) is 8.01. The summed E-state index contributed by atoms with van der Waals surface area (Å²) in [5.41, 5.74) is 3.44. The largest absolute Gasteiger partial charge is 0.508 e. The highest BCUT2D eigenvalue weighted by molar-refractivity contribution is 6.99. The topological polar surface area (TPSA) is 107 Å². The van der Waals surface area contributed by atoms with Gasteiger partial charge in [-0.05, 0) is 76.9 Å². The Morgan fingerprint density at radius 3 is 2.08 bits per heavy atom. The van der Waals surface area contributed by atoms with E-state index in [-0.39, 0.29) is 35.8 Å². The number of rotatable bonds is 13. The van der Waals surface area contributed by atoms with Gasteiger partial charge < -0.3 is 19.7 Å². The van der Waals surface area contributed by atoms with E-state index in [1.807, 2.05) is 68.5 Å². The summed E-state index contributed by atoms with van der Waals surface area (Å²) in [6, 6.07) is 27.6. The average molecular weight is 682 g/mol. The molecule has 1 saturated heterocycles. The monoisotopic (exact) mass is 681 g/mol. The Morgan fingerprint density at radius 2 is 1.55 bits per heavy atom. The number of amides is 2. The molecule has 0 saturated carbocycles. The number of phenols is 1. The van der Waals surface area contributed by atoms with Crippen LogP contribution in [0.4, 0.5) is 0 Å². The molecule has 3 aromatic carbocycles. The van der Waals surface area contributed by atoms with Crippen LogP contribution in [0.15, 0.2) is 102 Å². The van der Waals surface area contributed by atoms with Crippen molar-refractivity contribution >= 4 is 36.6 Å². The zero-order chi connectivity index (χ0) is 35.3. The number of carbonyl (C=O) groups excluding carboxylic acids is 2. The predicted octanol–water partition coefficient (Wildman–Crippen LogP) is 5.83. The molecule has 3 aromatic rings. The van der Waals surface area contributed by atoms with Gasteiger partial charge in [-0.1, -0.05) is 112 Å². The molecule has 0 radical (unpaired) electrons.